The second-order valence-electron chi connectivity index (χ2n) is 5.42. The van der Waals surface area contributed by atoms with E-state index in [0.29, 0.717) is 6.42 Å². The number of esters is 1. The first kappa shape index (κ1) is 19.1. The molecular formula is C18H22N2O4S. The van der Waals surface area contributed by atoms with Gasteiger partial charge in [0.1, 0.15) is 0 Å². The van der Waals surface area contributed by atoms with Crippen molar-refractivity contribution in [2.45, 2.75) is 11.3 Å². The van der Waals surface area contributed by atoms with Crippen LogP contribution in [-0.4, -0.2) is 45.4 Å². The molecule has 6 nitrogen and oxygen atoms in total. The van der Waals surface area contributed by atoms with Crippen molar-refractivity contribution in [2.24, 2.45) is 5.73 Å². The molecule has 7 heteroatoms. The summed E-state index contributed by atoms with van der Waals surface area (Å²) < 4.78 is 32.1. The fourth-order valence-electron chi connectivity index (χ4n) is 2.50. The highest BCUT2D eigenvalue weighted by Crippen LogP contribution is 2.21. The van der Waals surface area contributed by atoms with Crippen molar-refractivity contribution < 1.29 is 17.9 Å². The number of carbonyl (C=O) groups is 1. The van der Waals surface area contributed by atoms with Crippen LogP contribution in [-0.2, 0) is 21.2 Å². The van der Waals surface area contributed by atoms with E-state index < -0.39 is 16.0 Å². The minimum atomic E-state index is -3.87. The molecule has 2 aromatic carbocycles. The third-order valence-corrected chi connectivity index (χ3v) is 5.74. The van der Waals surface area contributed by atoms with Gasteiger partial charge in [-0.2, -0.15) is 4.31 Å². The number of carbonyl (C=O) groups excluding carboxylic acids is 1. The number of nitrogens with two attached hydrogens (primary N) is 1. The molecule has 0 aliphatic carbocycles. The first-order valence-electron chi connectivity index (χ1n) is 7.92. The van der Waals surface area contributed by atoms with E-state index in [1.807, 2.05) is 30.3 Å². The zero-order chi connectivity index (χ0) is 18.3. The van der Waals surface area contributed by atoms with E-state index in [4.69, 9.17) is 10.5 Å². The fraction of sp³-hybridized carbons (Fsp3) is 0.278. The monoisotopic (exact) mass is 362 g/mol. The SMILES string of the molecule is COC(=O)c1ccccc1S(=O)(=O)N(CCN)CCc1ccccc1. The van der Waals surface area contributed by atoms with Crippen molar-refractivity contribution in [1.82, 2.24) is 4.31 Å². The lowest BCUT2D eigenvalue weighted by Crippen LogP contribution is -2.37. The summed E-state index contributed by atoms with van der Waals surface area (Å²) in [6, 6.07) is 15.6. The van der Waals surface area contributed by atoms with Crippen LogP contribution < -0.4 is 5.73 Å². The van der Waals surface area contributed by atoms with Crippen molar-refractivity contribution >= 4 is 16.0 Å². The third-order valence-electron chi connectivity index (χ3n) is 3.78. The molecule has 0 saturated carbocycles. The number of hydrogen-bond donors (Lipinski definition) is 1. The van der Waals surface area contributed by atoms with Crippen molar-refractivity contribution in [3.8, 4) is 0 Å². The highest BCUT2D eigenvalue weighted by molar-refractivity contribution is 7.89. The van der Waals surface area contributed by atoms with Gasteiger partial charge in [0.25, 0.3) is 0 Å². The Morgan fingerprint density at radius 2 is 1.68 bits per heavy atom. The van der Waals surface area contributed by atoms with Crippen LogP contribution in [0.15, 0.2) is 59.5 Å². The molecule has 0 bridgehead atoms. The van der Waals surface area contributed by atoms with Crippen molar-refractivity contribution in [3.05, 3.63) is 65.7 Å². The summed E-state index contributed by atoms with van der Waals surface area (Å²) in [5.41, 5.74) is 6.65. The number of nitrogens with zero attached hydrogens (tertiary/aromatic N) is 1. The van der Waals surface area contributed by atoms with Gasteiger partial charge in [-0.25, -0.2) is 13.2 Å². The average molecular weight is 362 g/mol. The number of rotatable bonds is 8. The summed E-state index contributed by atoms with van der Waals surface area (Å²) in [5, 5.41) is 0. The Morgan fingerprint density at radius 1 is 1.04 bits per heavy atom. The molecule has 2 aromatic rings. The predicted molar refractivity (Wildman–Crippen MR) is 95.7 cm³/mol. The molecule has 2 rings (SSSR count). The Hall–Kier alpha value is -2.22. The molecule has 0 heterocycles. The first-order chi connectivity index (χ1) is 12.0. The van der Waals surface area contributed by atoms with Gasteiger partial charge < -0.3 is 10.5 Å². The van der Waals surface area contributed by atoms with Gasteiger partial charge in [0.15, 0.2) is 0 Å². The summed E-state index contributed by atoms with van der Waals surface area (Å²) in [5.74, 6) is -0.685. The Morgan fingerprint density at radius 3 is 2.32 bits per heavy atom. The van der Waals surface area contributed by atoms with E-state index in [1.165, 1.54) is 23.5 Å². The standard InChI is InChI=1S/C18H22N2O4S/c1-24-18(21)16-9-5-6-10-17(16)25(22,23)20(14-12-19)13-11-15-7-3-2-4-8-15/h2-10H,11-14,19H2,1H3. The molecule has 134 valence electrons. The summed E-state index contributed by atoms with van der Waals surface area (Å²) in [4.78, 5) is 11.8. The van der Waals surface area contributed by atoms with Crippen molar-refractivity contribution in [2.75, 3.05) is 26.7 Å². The Bertz CT molecular complexity index is 807. The lowest BCUT2D eigenvalue weighted by molar-refractivity contribution is 0.0596. The maximum atomic E-state index is 13.0. The lowest BCUT2D eigenvalue weighted by Gasteiger charge is -2.22. The van der Waals surface area contributed by atoms with E-state index in [9.17, 15) is 13.2 Å². The minimum absolute atomic E-state index is 0.0201. The van der Waals surface area contributed by atoms with E-state index in [1.54, 1.807) is 12.1 Å². The van der Waals surface area contributed by atoms with Crippen LogP contribution in [0.25, 0.3) is 0 Å². The Balaban J connectivity index is 2.32. The second-order valence-corrected chi connectivity index (χ2v) is 7.32. The smallest absolute Gasteiger partial charge is 0.339 e. The van der Waals surface area contributed by atoms with Gasteiger partial charge in [-0.05, 0) is 24.1 Å². The number of sulfonamides is 1. The van der Waals surface area contributed by atoms with Crippen LogP contribution in [0.1, 0.15) is 15.9 Å². The molecule has 0 aliphatic rings. The molecule has 0 spiro atoms. The predicted octanol–water partition coefficient (Wildman–Crippen LogP) is 1.67. The van der Waals surface area contributed by atoms with Gasteiger partial charge >= 0.3 is 5.97 Å². The molecule has 0 saturated heterocycles. The molecule has 0 amide bonds. The Labute approximate surface area is 148 Å². The van der Waals surface area contributed by atoms with Crippen LogP contribution in [0.4, 0.5) is 0 Å². The summed E-state index contributed by atoms with van der Waals surface area (Å²) >= 11 is 0. The van der Waals surface area contributed by atoms with Crippen LogP contribution in [0, 0.1) is 0 Å². The molecule has 0 aliphatic heterocycles. The van der Waals surface area contributed by atoms with Crippen LogP contribution in [0.2, 0.25) is 0 Å². The fourth-order valence-corrected chi connectivity index (χ4v) is 4.14. The lowest BCUT2D eigenvalue weighted by atomic mass is 10.1. The second kappa shape index (κ2) is 8.75. The molecule has 0 atom stereocenters. The average Bonchev–Trinajstić information content (AvgIpc) is 2.65. The van der Waals surface area contributed by atoms with Crippen LogP contribution >= 0.6 is 0 Å². The molecule has 0 aromatic heterocycles. The highest BCUT2D eigenvalue weighted by Gasteiger charge is 2.28. The molecular weight excluding hydrogens is 340 g/mol. The number of hydrogen-bond acceptors (Lipinski definition) is 5. The third kappa shape index (κ3) is 4.66. The largest absolute Gasteiger partial charge is 0.465 e. The van der Waals surface area contributed by atoms with E-state index >= 15 is 0 Å². The van der Waals surface area contributed by atoms with E-state index in [-0.39, 0.29) is 30.1 Å². The summed E-state index contributed by atoms with van der Waals surface area (Å²) in [7, 11) is -2.65. The molecule has 25 heavy (non-hydrogen) atoms. The van der Waals surface area contributed by atoms with E-state index in [0.717, 1.165) is 5.56 Å². The zero-order valence-electron chi connectivity index (χ0n) is 14.1. The minimum Gasteiger partial charge on any atom is -0.465 e. The quantitative estimate of drug-likeness (QED) is 0.722. The van der Waals surface area contributed by atoms with Gasteiger partial charge in [-0.1, -0.05) is 42.5 Å². The van der Waals surface area contributed by atoms with Crippen LogP contribution in [0.5, 0.6) is 0 Å². The number of benzene rings is 2. The zero-order valence-corrected chi connectivity index (χ0v) is 14.9. The van der Waals surface area contributed by atoms with Crippen molar-refractivity contribution in [3.63, 3.8) is 0 Å². The molecule has 2 N–H and O–H groups in total. The van der Waals surface area contributed by atoms with Gasteiger partial charge in [-0.3, -0.25) is 0 Å². The topological polar surface area (TPSA) is 89.7 Å². The molecule has 0 unspecified atom stereocenters. The first-order valence-corrected chi connectivity index (χ1v) is 9.36. The molecule has 0 fully saturated rings. The van der Waals surface area contributed by atoms with E-state index in [2.05, 4.69) is 0 Å². The Kier molecular flexibility index (Phi) is 6.69. The normalized spacial score (nSPS) is 11.5. The van der Waals surface area contributed by atoms with Gasteiger partial charge in [0.2, 0.25) is 10.0 Å². The maximum Gasteiger partial charge on any atom is 0.339 e. The molecule has 0 radical (unpaired) electrons. The van der Waals surface area contributed by atoms with Gasteiger partial charge in [0, 0.05) is 19.6 Å². The van der Waals surface area contributed by atoms with Gasteiger partial charge in [-0.15, -0.1) is 0 Å². The highest BCUT2D eigenvalue weighted by atomic mass is 32.2. The van der Waals surface area contributed by atoms with Gasteiger partial charge in [0.05, 0.1) is 17.6 Å². The number of ether oxygens (including phenoxy) is 1. The van der Waals surface area contributed by atoms with Crippen LogP contribution in [0.3, 0.4) is 0 Å². The summed E-state index contributed by atoms with van der Waals surface area (Å²) in [6.07, 6.45) is 0.556. The van der Waals surface area contributed by atoms with Crippen molar-refractivity contribution in [1.29, 1.82) is 0 Å². The maximum absolute atomic E-state index is 13.0. The summed E-state index contributed by atoms with van der Waals surface area (Å²) in [6.45, 7) is 0.637. The number of methoxy groups -OCH3 is 1.